The Kier molecular flexibility index (Phi) is 5.02. The van der Waals surface area contributed by atoms with E-state index >= 15 is 0 Å². The molecule has 1 heterocycles. The lowest BCUT2D eigenvalue weighted by Crippen LogP contribution is -2.51. The van der Waals surface area contributed by atoms with Gasteiger partial charge in [0.25, 0.3) is 0 Å². The molecule has 0 atom stereocenters. The lowest BCUT2D eigenvalue weighted by Gasteiger charge is -2.37. The van der Waals surface area contributed by atoms with Crippen molar-refractivity contribution in [1.82, 2.24) is 10.2 Å². The summed E-state index contributed by atoms with van der Waals surface area (Å²) in [7, 11) is 0. The first-order valence-electron chi connectivity index (χ1n) is 7.05. The molecular formula is C15H23N3S. The highest BCUT2D eigenvalue weighted by Gasteiger charge is 2.18. The number of thiocarbonyl (C=S) groups is 1. The highest BCUT2D eigenvalue weighted by molar-refractivity contribution is 7.80. The van der Waals surface area contributed by atoms with Crippen molar-refractivity contribution in [3.8, 4) is 0 Å². The third-order valence-corrected chi connectivity index (χ3v) is 3.86. The Morgan fingerprint density at radius 2 is 2.00 bits per heavy atom. The minimum Gasteiger partial charge on any atom is -0.368 e. The van der Waals surface area contributed by atoms with Gasteiger partial charge in [-0.2, -0.15) is 0 Å². The van der Waals surface area contributed by atoms with Crippen molar-refractivity contribution in [3.63, 3.8) is 0 Å². The van der Waals surface area contributed by atoms with E-state index in [4.69, 9.17) is 12.2 Å². The van der Waals surface area contributed by atoms with E-state index in [1.807, 2.05) is 0 Å². The Balaban J connectivity index is 1.87. The zero-order chi connectivity index (χ0) is 13.7. The fraction of sp³-hybridized carbons (Fsp3) is 0.533. The predicted molar refractivity (Wildman–Crippen MR) is 85.9 cm³/mol. The molecular weight excluding hydrogens is 254 g/mol. The van der Waals surface area contributed by atoms with Gasteiger partial charge in [0, 0.05) is 38.4 Å². The van der Waals surface area contributed by atoms with E-state index < -0.39 is 0 Å². The van der Waals surface area contributed by atoms with Crippen molar-refractivity contribution in [2.45, 2.75) is 20.3 Å². The summed E-state index contributed by atoms with van der Waals surface area (Å²) in [4.78, 5) is 4.71. The minimum absolute atomic E-state index is 0.908. The molecule has 1 fully saturated rings. The molecule has 0 aromatic heterocycles. The van der Waals surface area contributed by atoms with Gasteiger partial charge in [-0.05, 0) is 43.3 Å². The summed E-state index contributed by atoms with van der Waals surface area (Å²) in [5, 5.41) is 4.21. The van der Waals surface area contributed by atoms with E-state index in [-0.39, 0.29) is 0 Å². The lowest BCUT2D eigenvalue weighted by atomic mass is 10.2. The Hall–Kier alpha value is -1.29. The van der Waals surface area contributed by atoms with Crippen molar-refractivity contribution in [2.75, 3.05) is 37.6 Å². The second-order valence-corrected chi connectivity index (χ2v) is 5.43. The van der Waals surface area contributed by atoms with Crippen LogP contribution in [0.1, 0.15) is 18.9 Å². The third-order valence-electron chi connectivity index (χ3n) is 3.46. The molecule has 0 radical (unpaired) electrons. The molecule has 3 nitrogen and oxygen atoms in total. The average molecular weight is 277 g/mol. The van der Waals surface area contributed by atoms with E-state index in [0.717, 1.165) is 44.3 Å². The summed E-state index contributed by atoms with van der Waals surface area (Å²) >= 11 is 5.41. The molecule has 0 saturated carbocycles. The number of aryl methyl sites for hydroxylation is 1. The van der Waals surface area contributed by atoms with Crippen LogP contribution in [0, 0.1) is 6.92 Å². The molecule has 0 unspecified atom stereocenters. The van der Waals surface area contributed by atoms with E-state index in [9.17, 15) is 0 Å². The Morgan fingerprint density at radius 1 is 1.26 bits per heavy atom. The van der Waals surface area contributed by atoms with Crippen LogP contribution in [0.2, 0.25) is 0 Å². The number of piperazine rings is 1. The molecule has 0 spiro atoms. The molecule has 4 heteroatoms. The maximum absolute atomic E-state index is 5.41. The Labute approximate surface area is 121 Å². The molecule has 19 heavy (non-hydrogen) atoms. The quantitative estimate of drug-likeness (QED) is 0.855. The summed E-state index contributed by atoms with van der Waals surface area (Å²) in [6.07, 6.45) is 1.11. The monoisotopic (exact) mass is 277 g/mol. The molecule has 1 saturated heterocycles. The first kappa shape index (κ1) is 14.1. The first-order chi connectivity index (χ1) is 9.20. The van der Waals surface area contributed by atoms with Crippen molar-refractivity contribution in [3.05, 3.63) is 29.8 Å². The average Bonchev–Trinajstić information content (AvgIpc) is 2.45. The Morgan fingerprint density at radius 3 is 2.63 bits per heavy atom. The van der Waals surface area contributed by atoms with E-state index in [1.165, 1.54) is 11.3 Å². The zero-order valence-corrected chi connectivity index (χ0v) is 12.7. The van der Waals surface area contributed by atoms with Crippen LogP contribution < -0.4 is 10.2 Å². The summed E-state index contributed by atoms with van der Waals surface area (Å²) < 4.78 is 0. The number of nitrogens with one attached hydrogen (secondary N) is 1. The lowest BCUT2D eigenvalue weighted by molar-refractivity contribution is 0.380. The number of rotatable bonds is 3. The van der Waals surface area contributed by atoms with E-state index in [2.05, 4.69) is 53.2 Å². The maximum Gasteiger partial charge on any atom is 0.169 e. The van der Waals surface area contributed by atoms with E-state index in [1.54, 1.807) is 0 Å². The molecule has 2 rings (SSSR count). The highest BCUT2D eigenvalue weighted by atomic mass is 32.1. The smallest absolute Gasteiger partial charge is 0.169 e. The number of hydrogen-bond acceptors (Lipinski definition) is 2. The molecule has 1 N–H and O–H groups in total. The largest absolute Gasteiger partial charge is 0.368 e. The number of nitrogens with zero attached hydrogens (tertiary/aromatic N) is 2. The predicted octanol–water partition coefficient (Wildman–Crippen LogP) is 2.40. The van der Waals surface area contributed by atoms with Crippen molar-refractivity contribution < 1.29 is 0 Å². The summed E-state index contributed by atoms with van der Waals surface area (Å²) in [6, 6.07) is 8.72. The van der Waals surface area contributed by atoms with Crippen LogP contribution in [0.4, 0.5) is 5.69 Å². The fourth-order valence-corrected chi connectivity index (χ4v) is 2.62. The highest BCUT2D eigenvalue weighted by Crippen LogP contribution is 2.17. The molecule has 0 bridgehead atoms. The Bertz CT molecular complexity index is 425. The van der Waals surface area contributed by atoms with Gasteiger partial charge in [0.15, 0.2) is 5.11 Å². The first-order valence-corrected chi connectivity index (χ1v) is 7.46. The molecule has 1 aromatic rings. The van der Waals surface area contributed by atoms with Crippen LogP contribution in [0.25, 0.3) is 0 Å². The summed E-state index contributed by atoms with van der Waals surface area (Å²) in [5.41, 5.74) is 2.65. The summed E-state index contributed by atoms with van der Waals surface area (Å²) in [6.45, 7) is 9.35. The topological polar surface area (TPSA) is 18.5 Å². The van der Waals surface area contributed by atoms with Crippen molar-refractivity contribution >= 4 is 23.0 Å². The van der Waals surface area contributed by atoms with Crippen LogP contribution in [0.15, 0.2) is 24.3 Å². The van der Waals surface area contributed by atoms with Gasteiger partial charge in [0.05, 0.1) is 0 Å². The second kappa shape index (κ2) is 6.75. The van der Waals surface area contributed by atoms with Gasteiger partial charge < -0.3 is 15.1 Å². The zero-order valence-electron chi connectivity index (χ0n) is 11.9. The molecule has 1 aromatic carbocycles. The van der Waals surface area contributed by atoms with Gasteiger partial charge in [-0.25, -0.2) is 0 Å². The number of hydrogen-bond donors (Lipinski definition) is 1. The van der Waals surface area contributed by atoms with Crippen LogP contribution in [-0.4, -0.2) is 42.7 Å². The van der Waals surface area contributed by atoms with Crippen LogP contribution >= 0.6 is 12.2 Å². The van der Waals surface area contributed by atoms with Gasteiger partial charge in [-0.15, -0.1) is 0 Å². The maximum atomic E-state index is 5.41. The normalized spacial score (nSPS) is 15.5. The third kappa shape index (κ3) is 3.83. The summed E-state index contributed by atoms with van der Waals surface area (Å²) in [5.74, 6) is 0. The van der Waals surface area contributed by atoms with Gasteiger partial charge in [-0.1, -0.05) is 19.1 Å². The SMILES string of the molecule is CCCNC(=S)N1CCN(c2cccc(C)c2)CC1. The van der Waals surface area contributed by atoms with Crippen LogP contribution in [0.3, 0.4) is 0 Å². The van der Waals surface area contributed by atoms with Crippen molar-refractivity contribution in [2.24, 2.45) is 0 Å². The molecule has 104 valence electrons. The van der Waals surface area contributed by atoms with Gasteiger partial charge in [-0.3, -0.25) is 0 Å². The van der Waals surface area contributed by atoms with E-state index in [0.29, 0.717) is 0 Å². The molecule has 1 aliphatic rings. The second-order valence-electron chi connectivity index (χ2n) is 5.05. The molecule has 0 amide bonds. The van der Waals surface area contributed by atoms with Crippen LogP contribution in [0.5, 0.6) is 0 Å². The standard InChI is InChI=1S/C15H23N3S/c1-3-7-16-15(19)18-10-8-17(9-11-18)14-6-4-5-13(2)12-14/h4-6,12H,3,7-11H2,1-2H3,(H,16,19). The molecule has 1 aliphatic heterocycles. The minimum atomic E-state index is 0.908. The van der Waals surface area contributed by atoms with Gasteiger partial charge in [0.2, 0.25) is 0 Å². The number of anilines is 1. The molecule has 0 aliphatic carbocycles. The number of benzene rings is 1. The van der Waals surface area contributed by atoms with Crippen LogP contribution in [-0.2, 0) is 0 Å². The van der Waals surface area contributed by atoms with Gasteiger partial charge >= 0.3 is 0 Å². The van der Waals surface area contributed by atoms with Crippen molar-refractivity contribution in [1.29, 1.82) is 0 Å². The fourth-order valence-electron chi connectivity index (χ4n) is 2.34. The van der Waals surface area contributed by atoms with Gasteiger partial charge in [0.1, 0.15) is 0 Å².